The molecule has 0 bridgehead atoms. The molecule has 0 radical (unpaired) electrons. The molecule has 0 saturated carbocycles. The zero-order valence-electron chi connectivity index (χ0n) is 12.3. The van der Waals surface area contributed by atoms with Crippen LogP contribution in [0.15, 0.2) is 36.7 Å². The number of likely N-dealkylation sites (tertiary alicyclic amines) is 1. The molecule has 3 rings (SSSR count). The van der Waals surface area contributed by atoms with E-state index < -0.39 is 0 Å². The van der Waals surface area contributed by atoms with Crippen molar-refractivity contribution in [1.82, 2.24) is 14.7 Å². The van der Waals surface area contributed by atoms with Gasteiger partial charge in [0.1, 0.15) is 11.5 Å². The van der Waals surface area contributed by atoms with Gasteiger partial charge in [-0.1, -0.05) is 12.1 Å². The lowest BCUT2D eigenvalue weighted by Gasteiger charge is -2.35. The van der Waals surface area contributed by atoms with Gasteiger partial charge in [-0.15, -0.1) is 0 Å². The molecule has 1 saturated heterocycles. The van der Waals surface area contributed by atoms with Gasteiger partial charge >= 0.3 is 0 Å². The maximum Gasteiger partial charge on any atom is 0.257 e. The molecule has 1 aliphatic rings. The van der Waals surface area contributed by atoms with Crippen molar-refractivity contribution in [1.29, 1.82) is 0 Å². The number of para-hydroxylation sites is 1. The van der Waals surface area contributed by atoms with Crippen LogP contribution in [0.1, 0.15) is 30.1 Å². The summed E-state index contributed by atoms with van der Waals surface area (Å²) in [6.07, 6.45) is 3.80. The highest BCUT2D eigenvalue weighted by Crippen LogP contribution is 2.20. The fraction of sp³-hybridized carbons (Fsp3) is 0.375. The first-order valence-electron chi connectivity index (χ1n) is 7.35. The number of aliphatic hydroxyl groups is 1. The van der Waals surface area contributed by atoms with E-state index in [0.29, 0.717) is 30.6 Å². The number of rotatable bonds is 2. The Morgan fingerprint density at radius 3 is 2.91 bits per heavy atom. The molecule has 1 N–H and O–H groups in total. The fourth-order valence-electron chi connectivity index (χ4n) is 2.82. The molecule has 1 aromatic carbocycles. The van der Waals surface area contributed by atoms with Crippen LogP contribution in [-0.4, -0.2) is 44.4 Å². The van der Waals surface area contributed by atoms with Crippen LogP contribution in [-0.2, 0) is 0 Å². The second-order valence-electron chi connectivity index (χ2n) is 5.65. The second kappa shape index (κ2) is 5.88. The van der Waals surface area contributed by atoms with Gasteiger partial charge in [0, 0.05) is 18.8 Å². The SMILES string of the molecule is C[C@H]1C[C@@H](O)CCN1C(=O)c1cnn(-c2ccccc2F)c1. The van der Waals surface area contributed by atoms with Crippen molar-refractivity contribution in [3.8, 4) is 5.69 Å². The summed E-state index contributed by atoms with van der Waals surface area (Å²) in [5, 5.41) is 13.7. The first-order valence-corrected chi connectivity index (χ1v) is 7.35. The van der Waals surface area contributed by atoms with Crippen molar-refractivity contribution >= 4 is 5.91 Å². The van der Waals surface area contributed by atoms with Gasteiger partial charge in [-0.25, -0.2) is 9.07 Å². The highest BCUT2D eigenvalue weighted by molar-refractivity contribution is 5.94. The molecule has 2 heterocycles. The van der Waals surface area contributed by atoms with Crippen molar-refractivity contribution in [2.24, 2.45) is 0 Å². The summed E-state index contributed by atoms with van der Waals surface area (Å²) < 4.78 is 15.1. The summed E-state index contributed by atoms with van der Waals surface area (Å²) in [6.45, 7) is 2.44. The van der Waals surface area contributed by atoms with Crippen LogP contribution < -0.4 is 0 Å². The Labute approximate surface area is 128 Å². The molecule has 5 nitrogen and oxygen atoms in total. The number of carbonyl (C=O) groups excluding carboxylic acids is 1. The minimum absolute atomic E-state index is 0.0203. The van der Waals surface area contributed by atoms with Gasteiger partial charge in [-0.05, 0) is 31.9 Å². The first-order chi connectivity index (χ1) is 10.6. The van der Waals surface area contributed by atoms with E-state index in [4.69, 9.17) is 0 Å². The van der Waals surface area contributed by atoms with Crippen LogP contribution in [0.5, 0.6) is 0 Å². The minimum Gasteiger partial charge on any atom is -0.393 e. The van der Waals surface area contributed by atoms with Gasteiger partial charge in [-0.3, -0.25) is 4.79 Å². The van der Waals surface area contributed by atoms with Gasteiger partial charge in [0.15, 0.2) is 0 Å². The van der Waals surface area contributed by atoms with Gasteiger partial charge in [0.25, 0.3) is 5.91 Å². The van der Waals surface area contributed by atoms with Crippen LogP contribution in [0.4, 0.5) is 4.39 Å². The van der Waals surface area contributed by atoms with Crippen LogP contribution in [0.3, 0.4) is 0 Å². The van der Waals surface area contributed by atoms with E-state index in [1.165, 1.54) is 16.9 Å². The predicted molar refractivity (Wildman–Crippen MR) is 79.3 cm³/mol. The molecule has 1 amide bonds. The smallest absolute Gasteiger partial charge is 0.257 e. The van der Waals surface area contributed by atoms with E-state index in [9.17, 15) is 14.3 Å². The van der Waals surface area contributed by atoms with E-state index in [0.717, 1.165) is 0 Å². The van der Waals surface area contributed by atoms with E-state index in [2.05, 4.69) is 5.10 Å². The summed E-state index contributed by atoms with van der Waals surface area (Å²) in [6, 6.07) is 6.27. The Balaban J connectivity index is 1.82. The highest BCUT2D eigenvalue weighted by atomic mass is 19.1. The lowest BCUT2D eigenvalue weighted by molar-refractivity contribution is 0.0365. The molecule has 1 aliphatic heterocycles. The Morgan fingerprint density at radius 2 is 2.18 bits per heavy atom. The number of nitrogens with zero attached hydrogens (tertiary/aromatic N) is 3. The van der Waals surface area contributed by atoms with E-state index >= 15 is 0 Å². The number of benzene rings is 1. The molecule has 6 heteroatoms. The monoisotopic (exact) mass is 303 g/mol. The van der Waals surface area contributed by atoms with E-state index in [1.807, 2.05) is 6.92 Å². The molecule has 0 aliphatic carbocycles. The van der Waals surface area contributed by atoms with Gasteiger partial charge in [-0.2, -0.15) is 5.10 Å². The molecular formula is C16H18FN3O2. The molecule has 22 heavy (non-hydrogen) atoms. The van der Waals surface area contributed by atoms with E-state index in [1.54, 1.807) is 29.3 Å². The molecule has 1 aromatic heterocycles. The maximum atomic E-state index is 13.8. The fourth-order valence-corrected chi connectivity index (χ4v) is 2.82. The van der Waals surface area contributed by atoms with Crippen molar-refractivity contribution in [2.75, 3.05) is 6.54 Å². The zero-order chi connectivity index (χ0) is 15.7. The van der Waals surface area contributed by atoms with Crippen molar-refractivity contribution in [2.45, 2.75) is 31.9 Å². The summed E-state index contributed by atoms with van der Waals surface area (Å²) in [4.78, 5) is 14.3. The van der Waals surface area contributed by atoms with Crippen LogP contribution >= 0.6 is 0 Å². The predicted octanol–water partition coefficient (Wildman–Crippen LogP) is 2.00. The lowest BCUT2D eigenvalue weighted by Crippen LogP contribution is -2.46. The number of halogens is 1. The van der Waals surface area contributed by atoms with Crippen LogP contribution in [0.2, 0.25) is 0 Å². The molecule has 2 aromatic rings. The largest absolute Gasteiger partial charge is 0.393 e. The zero-order valence-corrected chi connectivity index (χ0v) is 12.3. The minimum atomic E-state index is -0.390. The Hall–Kier alpha value is -2.21. The average molecular weight is 303 g/mol. The summed E-state index contributed by atoms with van der Waals surface area (Å²) in [5.74, 6) is -0.527. The number of amides is 1. The number of hydrogen-bond acceptors (Lipinski definition) is 3. The normalized spacial score (nSPS) is 21.9. The topological polar surface area (TPSA) is 58.4 Å². The van der Waals surface area contributed by atoms with Gasteiger partial charge in [0.05, 0.1) is 17.9 Å². The Bertz CT molecular complexity index is 686. The van der Waals surface area contributed by atoms with Crippen molar-refractivity contribution < 1.29 is 14.3 Å². The maximum absolute atomic E-state index is 13.8. The molecule has 0 unspecified atom stereocenters. The summed E-state index contributed by atoms with van der Waals surface area (Å²) in [7, 11) is 0. The van der Waals surface area contributed by atoms with Crippen LogP contribution in [0.25, 0.3) is 5.69 Å². The molecule has 0 spiro atoms. The van der Waals surface area contributed by atoms with Gasteiger partial charge in [0.2, 0.25) is 0 Å². The third-order valence-corrected chi connectivity index (χ3v) is 4.04. The number of piperidine rings is 1. The third-order valence-electron chi connectivity index (χ3n) is 4.04. The third kappa shape index (κ3) is 2.74. The van der Waals surface area contributed by atoms with Gasteiger partial charge < -0.3 is 10.0 Å². The second-order valence-corrected chi connectivity index (χ2v) is 5.65. The number of aromatic nitrogens is 2. The average Bonchev–Trinajstić information content (AvgIpc) is 2.97. The number of carbonyl (C=O) groups is 1. The first kappa shape index (κ1) is 14.7. The highest BCUT2D eigenvalue weighted by Gasteiger charge is 2.29. The summed E-state index contributed by atoms with van der Waals surface area (Å²) in [5.41, 5.74) is 0.732. The van der Waals surface area contributed by atoms with E-state index in [-0.39, 0.29) is 23.9 Å². The number of hydrogen-bond donors (Lipinski definition) is 1. The summed E-state index contributed by atoms with van der Waals surface area (Å²) >= 11 is 0. The number of aliphatic hydroxyl groups excluding tert-OH is 1. The Morgan fingerprint density at radius 1 is 1.41 bits per heavy atom. The molecule has 2 atom stereocenters. The van der Waals surface area contributed by atoms with Crippen LogP contribution in [0, 0.1) is 5.82 Å². The molecule has 116 valence electrons. The molecular weight excluding hydrogens is 285 g/mol. The standard InChI is InChI=1S/C16H18FN3O2/c1-11-8-13(21)6-7-19(11)16(22)12-9-18-20(10-12)15-5-3-2-4-14(15)17/h2-5,9-11,13,21H,6-8H2,1H3/t11-,13-/m0/s1. The quantitative estimate of drug-likeness (QED) is 0.923. The Kier molecular flexibility index (Phi) is 3.94. The lowest BCUT2D eigenvalue weighted by atomic mass is 10.0. The van der Waals surface area contributed by atoms with Crippen molar-refractivity contribution in [3.63, 3.8) is 0 Å². The van der Waals surface area contributed by atoms with Crippen molar-refractivity contribution in [3.05, 3.63) is 48.0 Å². The molecule has 1 fully saturated rings.